The van der Waals surface area contributed by atoms with Crippen LogP contribution in [0.2, 0.25) is 5.02 Å². The first-order valence-corrected chi connectivity index (χ1v) is 6.47. The Morgan fingerprint density at radius 2 is 1.95 bits per heavy atom. The molecule has 0 spiro atoms. The third kappa shape index (κ3) is 3.74. The summed E-state index contributed by atoms with van der Waals surface area (Å²) in [6.45, 7) is 2.00. The van der Waals surface area contributed by atoms with Gasteiger partial charge in [0.2, 0.25) is 0 Å². The summed E-state index contributed by atoms with van der Waals surface area (Å²) < 4.78 is 5.81. The van der Waals surface area contributed by atoms with Crippen molar-refractivity contribution in [2.24, 2.45) is 0 Å². The van der Waals surface area contributed by atoms with Crippen molar-refractivity contribution in [3.63, 3.8) is 0 Å². The smallest absolute Gasteiger partial charge is 0.138 e. The van der Waals surface area contributed by atoms with E-state index in [1.807, 2.05) is 31.2 Å². The van der Waals surface area contributed by atoms with Crippen molar-refractivity contribution in [1.29, 1.82) is 5.26 Å². The molecule has 2 aromatic carbocycles. The lowest BCUT2D eigenvalue weighted by Crippen LogP contribution is -2.15. The fourth-order valence-electron chi connectivity index (χ4n) is 1.87. The Hall–Kier alpha value is -1.98. The summed E-state index contributed by atoms with van der Waals surface area (Å²) in [4.78, 5) is 0. The van der Waals surface area contributed by atoms with Crippen LogP contribution in [0.15, 0.2) is 48.5 Å². The van der Waals surface area contributed by atoms with Gasteiger partial charge in [0.25, 0.3) is 0 Å². The molecule has 1 unspecified atom stereocenters. The highest BCUT2D eigenvalue weighted by molar-refractivity contribution is 6.32. The van der Waals surface area contributed by atoms with Gasteiger partial charge in [-0.15, -0.1) is 0 Å². The van der Waals surface area contributed by atoms with Gasteiger partial charge in [0.15, 0.2) is 0 Å². The van der Waals surface area contributed by atoms with Crippen molar-refractivity contribution < 1.29 is 4.74 Å². The van der Waals surface area contributed by atoms with Gasteiger partial charge >= 0.3 is 0 Å². The molecule has 0 heterocycles. The van der Waals surface area contributed by atoms with Crippen LogP contribution in [0.1, 0.15) is 18.1 Å². The standard InChI is InChI=1S/C16H14ClNO/c1-12(9-13-5-3-2-4-6-13)19-16-8-7-14(11-18)10-15(16)17/h2-8,10,12H,9H2,1H3. The SMILES string of the molecule is CC(Cc1ccccc1)Oc1ccc(C#N)cc1Cl. The molecule has 0 fully saturated rings. The second kappa shape index (κ2) is 6.26. The molecular weight excluding hydrogens is 258 g/mol. The summed E-state index contributed by atoms with van der Waals surface area (Å²) in [5, 5.41) is 9.25. The van der Waals surface area contributed by atoms with Crippen molar-refractivity contribution in [3.05, 3.63) is 64.7 Å². The van der Waals surface area contributed by atoms with Crippen LogP contribution < -0.4 is 4.74 Å². The number of rotatable bonds is 4. The number of halogens is 1. The second-order valence-corrected chi connectivity index (χ2v) is 4.78. The molecule has 19 heavy (non-hydrogen) atoms. The minimum atomic E-state index is 0.0211. The topological polar surface area (TPSA) is 33.0 Å². The van der Waals surface area contributed by atoms with Gasteiger partial charge in [0, 0.05) is 6.42 Å². The van der Waals surface area contributed by atoms with E-state index in [4.69, 9.17) is 21.6 Å². The van der Waals surface area contributed by atoms with E-state index in [9.17, 15) is 0 Å². The van der Waals surface area contributed by atoms with Crippen LogP contribution in [0.4, 0.5) is 0 Å². The molecule has 2 nitrogen and oxygen atoms in total. The maximum absolute atomic E-state index is 8.78. The Bertz CT molecular complexity index is 589. The van der Waals surface area contributed by atoms with Crippen molar-refractivity contribution in [2.75, 3.05) is 0 Å². The van der Waals surface area contributed by atoms with E-state index in [2.05, 4.69) is 12.1 Å². The van der Waals surface area contributed by atoms with Gasteiger partial charge in [-0.1, -0.05) is 41.9 Å². The first kappa shape index (κ1) is 13.5. The van der Waals surface area contributed by atoms with E-state index in [0.29, 0.717) is 16.3 Å². The van der Waals surface area contributed by atoms with Crippen LogP contribution >= 0.6 is 11.6 Å². The molecule has 0 bridgehead atoms. The number of hydrogen-bond acceptors (Lipinski definition) is 2. The lowest BCUT2D eigenvalue weighted by atomic mass is 10.1. The Morgan fingerprint density at radius 1 is 1.21 bits per heavy atom. The summed E-state index contributed by atoms with van der Waals surface area (Å²) in [5.74, 6) is 0.615. The highest BCUT2D eigenvalue weighted by Gasteiger charge is 2.09. The Morgan fingerprint density at radius 3 is 2.58 bits per heavy atom. The molecule has 0 radical (unpaired) electrons. The first-order chi connectivity index (χ1) is 9.19. The molecule has 0 saturated heterocycles. The number of benzene rings is 2. The minimum Gasteiger partial charge on any atom is -0.489 e. The summed E-state index contributed by atoms with van der Waals surface area (Å²) in [6, 6.07) is 17.3. The van der Waals surface area contributed by atoms with Crippen molar-refractivity contribution in [3.8, 4) is 11.8 Å². The zero-order chi connectivity index (χ0) is 13.7. The number of nitrogens with zero attached hydrogens (tertiary/aromatic N) is 1. The predicted molar refractivity (Wildman–Crippen MR) is 76.4 cm³/mol. The Balaban J connectivity index is 2.03. The monoisotopic (exact) mass is 271 g/mol. The maximum Gasteiger partial charge on any atom is 0.138 e. The molecule has 0 aliphatic carbocycles. The quantitative estimate of drug-likeness (QED) is 0.834. The number of ether oxygens (including phenoxy) is 1. The predicted octanol–water partition coefficient (Wildman–Crippen LogP) is 4.22. The summed E-state index contributed by atoms with van der Waals surface area (Å²) in [7, 11) is 0. The molecule has 2 rings (SSSR count). The van der Waals surface area contributed by atoms with Gasteiger partial charge in [-0.25, -0.2) is 0 Å². The van der Waals surface area contributed by atoms with E-state index in [0.717, 1.165) is 6.42 Å². The summed E-state index contributed by atoms with van der Waals surface area (Å²) in [5.41, 5.74) is 1.76. The van der Waals surface area contributed by atoms with Crippen LogP contribution in [0, 0.1) is 11.3 Å². The molecule has 0 N–H and O–H groups in total. The molecule has 0 amide bonds. The third-order valence-corrected chi connectivity index (χ3v) is 3.05. The van der Waals surface area contributed by atoms with Crippen LogP contribution in [-0.4, -0.2) is 6.10 Å². The van der Waals surface area contributed by atoms with Crippen LogP contribution in [0.25, 0.3) is 0 Å². The van der Waals surface area contributed by atoms with Gasteiger partial charge in [-0.2, -0.15) is 5.26 Å². The van der Waals surface area contributed by atoms with Crippen LogP contribution in [0.5, 0.6) is 5.75 Å². The molecule has 2 aromatic rings. The highest BCUT2D eigenvalue weighted by Crippen LogP contribution is 2.26. The second-order valence-electron chi connectivity index (χ2n) is 4.38. The van der Waals surface area contributed by atoms with E-state index in [1.165, 1.54) is 5.56 Å². The lowest BCUT2D eigenvalue weighted by Gasteiger charge is -2.15. The Labute approximate surface area is 118 Å². The van der Waals surface area contributed by atoms with E-state index in [-0.39, 0.29) is 6.10 Å². The summed E-state index contributed by atoms with van der Waals surface area (Å²) in [6.07, 6.45) is 0.838. The van der Waals surface area contributed by atoms with E-state index < -0.39 is 0 Å². The molecule has 0 aliphatic rings. The Kier molecular flexibility index (Phi) is 4.43. The van der Waals surface area contributed by atoms with Gasteiger partial charge < -0.3 is 4.74 Å². The van der Waals surface area contributed by atoms with Gasteiger partial charge in [-0.05, 0) is 30.7 Å². The average molecular weight is 272 g/mol. The zero-order valence-electron chi connectivity index (χ0n) is 10.6. The van der Waals surface area contributed by atoms with E-state index in [1.54, 1.807) is 18.2 Å². The fraction of sp³-hybridized carbons (Fsp3) is 0.188. The maximum atomic E-state index is 8.78. The van der Waals surface area contributed by atoms with Gasteiger partial charge in [-0.3, -0.25) is 0 Å². The molecule has 0 aromatic heterocycles. The van der Waals surface area contributed by atoms with Gasteiger partial charge in [0.05, 0.1) is 22.8 Å². The largest absolute Gasteiger partial charge is 0.489 e. The molecule has 3 heteroatoms. The third-order valence-electron chi connectivity index (χ3n) is 2.76. The normalized spacial score (nSPS) is 11.6. The number of nitriles is 1. The van der Waals surface area contributed by atoms with Crippen molar-refractivity contribution >= 4 is 11.6 Å². The van der Waals surface area contributed by atoms with Crippen LogP contribution in [0.3, 0.4) is 0 Å². The first-order valence-electron chi connectivity index (χ1n) is 6.09. The highest BCUT2D eigenvalue weighted by atomic mass is 35.5. The molecular formula is C16H14ClNO. The van der Waals surface area contributed by atoms with E-state index >= 15 is 0 Å². The van der Waals surface area contributed by atoms with Crippen molar-refractivity contribution in [1.82, 2.24) is 0 Å². The minimum absolute atomic E-state index is 0.0211. The summed E-state index contributed by atoms with van der Waals surface area (Å²) >= 11 is 6.08. The van der Waals surface area contributed by atoms with Gasteiger partial charge in [0.1, 0.15) is 5.75 Å². The fourth-order valence-corrected chi connectivity index (χ4v) is 2.10. The van der Waals surface area contributed by atoms with Crippen molar-refractivity contribution in [2.45, 2.75) is 19.4 Å². The molecule has 1 atom stereocenters. The zero-order valence-corrected chi connectivity index (χ0v) is 11.4. The molecule has 0 saturated carbocycles. The molecule has 0 aliphatic heterocycles. The number of hydrogen-bond donors (Lipinski definition) is 0. The lowest BCUT2D eigenvalue weighted by molar-refractivity contribution is 0.222. The van der Waals surface area contributed by atoms with Crippen LogP contribution in [-0.2, 0) is 6.42 Å². The average Bonchev–Trinajstić information content (AvgIpc) is 2.42. The molecule has 96 valence electrons.